The molecule has 0 saturated heterocycles. The number of methoxy groups -OCH3 is 1. The highest BCUT2D eigenvalue weighted by Gasteiger charge is 2.15. The van der Waals surface area contributed by atoms with E-state index in [4.69, 9.17) is 22.7 Å². The number of thiocarbonyl (C=S) groups is 1. The van der Waals surface area contributed by atoms with Gasteiger partial charge in [-0.15, -0.1) is 0 Å². The first-order valence-electron chi connectivity index (χ1n) is 6.30. The van der Waals surface area contributed by atoms with Gasteiger partial charge in [0.1, 0.15) is 5.75 Å². The topological polar surface area (TPSA) is 55.6 Å². The van der Waals surface area contributed by atoms with Gasteiger partial charge in [0.15, 0.2) is 0 Å². The summed E-state index contributed by atoms with van der Waals surface area (Å²) in [6.45, 7) is 3.28. The second kappa shape index (κ2) is 7.74. The summed E-state index contributed by atoms with van der Waals surface area (Å²) in [6, 6.07) is 7.15. The Morgan fingerprint density at radius 2 is 2.16 bits per heavy atom. The van der Waals surface area contributed by atoms with Crippen LogP contribution in [0.15, 0.2) is 24.3 Å². The van der Waals surface area contributed by atoms with Crippen LogP contribution in [0, 0.1) is 0 Å². The van der Waals surface area contributed by atoms with Gasteiger partial charge in [-0.1, -0.05) is 25.2 Å². The molecule has 0 bridgehead atoms. The Morgan fingerprint density at radius 3 is 2.74 bits per heavy atom. The second-order valence-corrected chi connectivity index (χ2v) is 4.76. The summed E-state index contributed by atoms with van der Waals surface area (Å²) in [7, 11) is 1.58. The lowest BCUT2D eigenvalue weighted by molar-refractivity contribution is 0.0760. The Morgan fingerprint density at radius 1 is 1.42 bits per heavy atom. The number of amides is 1. The maximum atomic E-state index is 12.4. The molecule has 1 aromatic rings. The molecular weight excluding hydrogens is 260 g/mol. The fourth-order valence-electron chi connectivity index (χ4n) is 1.77. The van der Waals surface area contributed by atoms with E-state index in [0.29, 0.717) is 35.8 Å². The van der Waals surface area contributed by atoms with E-state index in [1.54, 1.807) is 24.1 Å². The van der Waals surface area contributed by atoms with Crippen LogP contribution in [0.4, 0.5) is 0 Å². The molecule has 0 fully saturated rings. The monoisotopic (exact) mass is 280 g/mol. The highest BCUT2D eigenvalue weighted by atomic mass is 32.1. The predicted octanol–water partition coefficient (Wildman–Crippen LogP) is 2.22. The van der Waals surface area contributed by atoms with E-state index < -0.39 is 0 Å². The fraction of sp³-hybridized carbons (Fsp3) is 0.429. The number of hydrogen-bond acceptors (Lipinski definition) is 3. The molecule has 104 valence electrons. The number of carbonyl (C=O) groups is 1. The van der Waals surface area contributed by atoms with Crippen molar-refractivity contribution in [2.75, 3.05) is 20.2 Å². The molecule has 0 aliphatic carbocycles. The zero-order valence-corrected chi connectivity index (χ0v) is 12.2. The Balaban J connectivity index is 2.82. The minimum atomic E-state index is -0.0167. The van der Waals surface area contributed by atoms with E-state index >= 15 is 0 Å². The van der Waals surface area contributed by atoms with Crippen LogP contribution in [0.1, 0.15) is 30.1 Å². The molecule has 0 aliphatic rings. The smallest absolute Gasteiger partial charge is 0.253 e. The van der Waals surface area contributed by atoms with E-state index in [-0.39, 0.29) is 5.91 Å². The average Bonchev–Trinajstić information content (AvgIpc) is 2.42. The molecule has 2 N–H and O–H groups in total. The fourth-order valence-corrected chi connectivity index (χ4v) is 1.86. The predicted molar refractivity (Wildman–Crippen MR) is 80.6 cm³/mol. The molecule has 0 spiro atoms. The summed E-state index contributed by atoms with van der Waals surface area (Å²) in [5.41, 5.74) is 6.12. The third-order valence-electron chi connectivity index (χ3n) is 2.73. The molecule has 1 aromatic carbocycles. The van der Waals surface area contributed by atoms with Crippen LogP contribution < -0.4 is 10.5 Å². The number of carbonyl (C=O) groups excluding carboxylic acids is 1. The summed E-state index contributed by atoms with van der Waals surface area (Å²) in [5.74, 6) is 0.661. The number of nitrogens with zero attached hydrogens (tertiary/aromatic N) is 1. The van der Waals surface area contributed by atoms with Crippen LogP contribution in [-0.2, 0) is 0 Å². The average molecular weight is 280 g/mol. The van der Waals surface area contributed by atoms with Crippen molar-refractivity contribution in [3.05, 3.63) is 29.8 Å². The minimum Gasteiger partial charge on any atom is -0.497 e. The van der Waals surface area contributed by atoms with Crippen molar-refractivity contribution in [1.29, 1.82) is 0 Å². The van der Waals surface area contributed by atoms with E-state index in [1.807, 2.05) is 19.1 Å². The Kier molecular flexibility index (Phi) is 6.29. The lowest BCUT2D eigenvalue weighted by Crippen LogP contribution is -2.34. The highest BCUT2D eigenvalue weighted by Crippen LogP contribution is 2.14. The summed E-state index contributed by atoms with van der Waals surface area (Å²) >= 11 is 4.86. The van der Waals surface area contributed by atoms with Gasteiger partial charge in [-0.05, 0) is 24.6 Å². The number of rotatable bonds is 7. The molecule has 1 rings (SSSR count). The molecule has 0 radical (unpaired) electrons. The van der Waals surface area contributed by atoms with Crippen molar-refractivity contribution in [2.45, 2.75) is 19.8 Å². The third kappa shape index (κ3) is 4.87. The molecule has 0 saturated carbocycles. The summed E-state index contributed by atoms with van der Waals surface area (Å²) in [5, 5.41) is 0. The second-order valence-electron chi connectivity index (χ2n) is 4.24. The number of ether oxygens (including phenoxy) is 1. The molecule has 5 heteroatoms. The standard InChI is InChI=1S/C14H20N2O2S/c1-3-8-16(9-7-13(15)19)14(17)11-5-4-6-12(10-11)18-2/h4-6,10H,3,7-9H2,1-2H3,(H2,15,19). The van der Waals surface area contributed by atoms with Crippen LogP contribution in [0.3, 0.4) is 0 Å². The van der Waals surface area contributed by atoms with E-state index in [0.717, 1.165) is 6.42 Å². The zero-order chi connectivity index (χ0) is 14.3. The molecule has 0 unspecified atom stereocenters. The quantitative estimate of drug-likeness (QED) is 0.778. The van der Waals surface area contributed by atoms with Crippen LogP contribution in [-0.4, -0.2) is 36.0 Å². The van der Waals surface area contributed by atoms with Crippen molar-refractivity contribution in [2.24, 2.45) is 5.73 Å². The van der Waals surface area contributed by atoms with Gasteiger partial charge in [-0.25, -0.2) is 0 Å². The third-order valence-corrected chi connectivity index (χ3v) is 2.93. The van der Waals surface area contributed by atoms with Gasteiger partial charge >= 0.3 is 0 Å². The summed E-state index contributed by atoms with van der Waals surface area (Å²) in [6.07, 6.45) is 1.44. The van der Waals surface area contributed by atoms with Gasteiger partial charge in [-0.3, -0.25) is 4.79 Å². The van der Waals surface area contributed by atoms with Crippen molar-refractivity contribution >= 4 is 23.1 Å². The number of benzene rings is 1. The first-order chi connectivity index (χ1) is 9.08. The number of nitrogens with two attached hydrogens (primary N) is 1. The van der Waals surface area contributed by atoms with Crippen molar-refractivity contribution < 1.29 is 9.53 Å². The lowest BCUT2D eigenvalue weighted by Gasteiger charge is -2.22. The van der Waals surface area contributed by atoms with Crippen LogP contribution in [0.5, 0.6) is 5.75 Å². The van der Waals surface area contributed by atoms with Crippen LogP contribution in [0.2, 0.25) is 0 Å². The molecule has 19 heavy (non-hydrogen) atoms. The molecule has 4 nitrogen and oxygen atoms in total. The molecule has 0 atom stereocenters. The van der Waals surface area contributed by atoms with Gasteiger partial charge in [0.2, 0.25) is 0 Å². The SMILES string of the molecule is CCCN(CCC(N)=S)C(=O)c1cccc(OC)c1. The molecule has 0 aliphatic heterocycles. The van der Waals surface area contributed by atoms with Gasteiger partial charge in [0, 0.05) is 25.1 Å². The number of hydrogen-bond donors (Lipinski definition) is 1. The molecule has 0 aromatic heterocycles. The van der Waals surface area contributed by atoms with Gasteiger partial charge in [-0.2, -0.15) is 0 Å². The summed E-state index contributed by atoms with van der Waals surface area (Å²) in [4.78, 5) is 14.6. The van der Waals surface area contributed by atoms with Gasteiger partial charge < -0.3 is 15.4 Å². The van der Waals surface area contributed by atoms with Crippen molar-refractivity contribution in [1.82, 2.24) is 4.90 Å². The maximum Gasteiger partial charge on any atom is 0.253 e. The maximum absolute atomic E-state index is 12.4. The van der Waals surface area contributed by atoms with E-state index in [1.165, 1.54) is 0 Å². The van der Waals surface area contributed by atoms with Crippen LogP contribution in [0.25, 0.3) is 0 Å². The Hall–Kier alpha value is -1.62. The minimum absolute atomic E-state index is 0.0167. The van der Waals surface area contributed by atoms with E-state index in [9.17, 15) is 4.79 Å². The summed E-state index contributed by atoms with van der Waals surface area (Å²) < 4.78 is 5.13. The van der Waals surface area contributed by atoms with Crippen molar-refractivity contribution in [3.63, 3.8) is 0 Å². The lowest BCUT2D eigenvalue weighted by atomic mass is 10.1. The largest absolute Gasteiger partial charge is 0.497 e. The molecule has 0 heterocycles. The Labute approximate surface area is 119 Å². The van der Waals surface area contributed by atoms with Gasteiger partial charge in [0.05, 0.1) is 12.1 Å². The molecule has 1 amide bonds. The highest BCUT2D eigenvalue weighted by molar-refractivity contribution is 7.80. The van der Waals surface area contributed by atoms with Crippen LogP contribution >= 0.6 is 12.2 Å². The molecular formula is C14H20N2O2S. The van der Waals surface area contributed by atoms with Gasteiger partial charge in [0.25, 0.3) is 5.91 Å². The normalized spacial score (nSPS) is 10.0. The first kappa shape index (κ1) is 15.4. The first-order valence-corrected chi connectivity index (χ1v) is 6.71. The van der Waals surface area contributed by atoms with Crippen molar-refractivity contribution in [3.8, 4) is 5.75 Å². The Bertz CT molecular complexity index is 449. The zero-order valence-electron chi connectivity index (χ0n) is 11.4. The van der Waals surface area contributed by atoms with E-state index in [2.05, 4.69) is 0 Å².